The average Bonchev–Trinajstić information content (AvgIpc) is 2.57. The average molecular weight is 244 g/mol. The Bertz CT molecular complexity index is 271. The fourth-order valence-electron chi connectivity index (χ4n) is 1.17. The standard InChI is InChI=1S/C11H20N2S2/c1-9(2)7-14-5-4-12-6-11-8-15-10(3)13-11/h8-9,12H,4-7H2,1-3H3. The molecule has 0 spiro atoms. The lowest BCUT2D eigenvalue weighted by Crippen LogP contribution is -2.17. The predicted molar refractivity (Wildman–Crippen MR) is 70.7 cm³/mol. The van der Waals surface area contributed by atoms with Crippen molar-refractivity contribution in [3.63, 3.8) is 0 Å². The predicted octanol–water partition coefficient (Wildman–Crippen LogP) is 2.93. The molecule has 86 valence electrons. The fourth-order valence-corrected chi connectivity index (χ4v) is 2.71. The Morgan fingerprint density at radius 2 is 2.33 bits per heavy atom. The van der Waals surface area contributed by atoms with E-state index < -0.39 is 0 Å². The van der Waals surface area contributed by atoms with Gasteiger partial charge in [-0.05, 0) is 18.6 Å². The first-order valence-corrected chi connectivity index (χ1v) is 7.41. The summed E-state index contributed by atoms with van der Waals surface area (Å²) < 4.78 is 0. The van der Waals surface area contributed by atoms with E-state index in [1.807, 2.05) is 18.7 Å². The molecule has 1 N–H and O–H groups in total. The van der Waals surface area contributed by atoms with Crippen LogP contribution in [0.1, 0.15) is 24.5 Å². The monoisotopic (exact) mass is 244 g/mol. The van der Waals surface area contributed by atoms with E-state index in [4.69, 9.17) is 0 Å². The summed E-state index contributed by atoms with van der Waals surface area (Å²) in [5.74, 6) is 3.26. The molecule has 0 atom stereocenters. The Balaban J connectivity index is 1.98. The molecule has 15 heavy (non-hydrogen) atoms. The lowest BCUT2D eigenvalue weighted by molar-refractivity contribution is 0.714. The van der Waals surface area contributed by atoms with E-state index >= 15 is 0 Å². The lowest BCUT2D eigenvalue weighted by Gasteiger charge is -2.05. The normalized spacial score (nSPS) is 11.2. The molecule has 4 heteroatoms. The van der Waals surface area contributed by atoms with Crippen LogP contribution in [0.15, 0.2) is 5.38 Å². The zero-order valence-corrected chi connectivity index (χ0v) is 11.4. The molecule has 1 rings (SSSR count). The first kappa shape index (κ1) is 13.0. The third kappa shape index (κ3) is 6.17. The molecule has 1 aromatic rings. The molecule has 0 aliphatic carbocycles. The van der Waals surface area contributed by atoms with E-state index in [2.05, 4.69) is 29.5 Å². The third-order valence-corrected chi connectivity index (χ3v) is 4.06. The number of aryl methyl sites for hydroxylation is 1. The number of rotatable bonds is 7. The van der Waals surface area contributed by atoms with Crippen molar-refractivity contribution in [3.8, 4) is 0 Å². The highest BCUT2D eigenvalue weighted by atomic mass is 32.2. The molecule has 0 aromatic carbocycles. The Kier molecular flexibility index (Phi) is 6.29. The highest BCUT2D eigenvalue weighted by Crippen LogP contribution is 2.08. The van der Waals surface area contributed by atoms with Gasteiger partial charge in [0.05, 0.1) is 10.7 Å². The molecule has 1 aromatic heterocycles. The van der Waals surface area contributed by atoms with Gasteiger partial charge >= 0.3 is 0 Å². The zero-order valence-electron chi connectivity index (χ0n) is 9.75. The number of thioether (sulfide) groups is 1. The Morgan fingerprint density at radius 3 is 2.93 bits per heavy atom. The van der Waals surface area contributed by atoms with Gasteiger partial charge in [0.1, 0.15) is 0 Å². The molecule has 0 unspecified atom stereocenters. The second-order valence-corrected chi connectivity index (χ2v) is 6.22. The van der Waals surface area contributed by atoms with Gasteiger partial charge in [0.15, 0.2) is 0 Å². The van der Waals surface area contributed by atoms with Crippen LogP contribution in [0.5, 0.6) is 0 Å². The van der Waals surface area contributed by atoms with Crippen LogP contribution in [0.4, 0.5) is 0 Å². The topological polar surface area (TPSA) is 24.9 Å². The van der Waals surface area contributed by atoms with Crippen molar-refractivity contribution in [1.82, 2.24) is 10.3 Å². The van der Waals surface area contributed by atoms with Gasteiger partial charge in [-0.2, -0.15) is 11.8 Å². The molecule has 0 aliphatic heterocycles. The largest absolute Gasteiger partial charge is 0.310 e. The quantitative estimate of drug-likeness (QED) is 0.747. The van der Waals surface area contributed by atoms with Gasteiger partial charge in [0.2, 0.25) is 0 Å². The van der Waals surface area contributed by atoms with E-state index in [0.717, 1.165) is 24.0 Å². The fraction of sp³-hybridized carbons (Fsp3) is 0.727. The smallest absolute Gasteiger partial charge is 0.0897 e. The van der Waals surface area contributed by atoms with Gasteiger partial charge in [-0.3, -0.25) is 0 Å². The summed E-state index contributed by atoms with van der Waals surface area (Å²) in [6.45, 7) is 8.56. The van der Waals surface area contributed by atoms with Gasteiger partial charge in [-0.25, -0.2) is 4.98 Å². The van der Waals surface area contributed by atoms with Crippen molar-refractivity contribution in [1.29, 1.82) is 0 Å². The summed E-state index contributed by atoms with van der Waals surface area (Å²) in [6.07, 6.45) is 0. The van der Waals surface area contributed by atoms with E-state index in [9.17, 15) is 0 Å². The Morgan fingerprint density at radius 1 is 1.53 bits per heavy atom. The van der Waals surface area contributed by atoms with Gasteiger partial charge in [-0.15, -0.1) is 11.3 Å². The van der Waals surface area contributed by atoms with Gasteiger partial charge < -0.3 is 5.32 Å². The van der Waals surface area contributed by atoms with Crippen LogP contribution in [-0.4, -0.2) is 23.0 Å². The highest BCUT2D eigenvalue weighted by Gasteiger charge is 1.97. The van der Waals surface area contributed by atoms with Gasteiger partial charge in [0, 0.05) is 24.2 Å². The van der Waals surface area contributed by atoms with Crippen LogP contribution in [0.25, 0.3) is 0 Å². The number of aromatic nitrogens is 1. The zero-order chi connectivity index (χ0) is 11.1. The van der Waals surface area contributed by atoms with Crippen LogP contribution in [0, 0.1) is 12.8 Å². The van der Waals surface area contributed by atoms with Gasteiger partial charge in [-0.1, -0.05) is 13.8 Å². The number of thiazole rings is 1. The minimum Gasteiger partial charge on any atom is -0.310 e. The number of nitrogens with one attached hydrogen (secondary N) is 1. The van der Waals surface area contributed by atoms with Crippen LogP contribution in [-0.2, 0) is 6.54 Å². The SMILES string of the molecule is Cc1nc(CNCCSCC(C)C)cs1. The third-order valence-electron chi connectivity index (χ3n) is 1.85. The second kappa shape index (κ2) is 7.25. The molecule has 2 nitrogen and oxygen atoms in total. The molecule has 0 aliphatic rings. The van der Waals surface area contributed by atoms with Crippen LogP contribution in [0.2, 0.25) is 0 Å². The van der Waals surface area contributed by atoms with Crippen molar-refractivity contribution in [2.24, 2.45) is 5.92 Å². The van der Waals surface area contributed by atoms with Crippen molar-refractivity contribution in [3.05, 3.63) is 16.1 Å². The summed E-state index contributed by atoms with van der Waals surface area (Å²) >= 11 is 3.74. The van der Waals surface area contributed by atoms with E-state index in [-0.39, 0.29) is 0 Å². The molecular formula is C11H20N2S2. The molecule has 0 saturated carbocycles. The molecule has 0 fully saturated rings. The summed E-state index contributed by atoms with van der Waals surface area (Å²) in [6, 6.07) is 0. The van der Waals surface area contributed by atoms with Crippen LogP contribution in [0.3, 0.4) is 0 Å². The lowest BCUT2D eigenvalue weighted by atomic mass is 10.3. The molecule has 0 bridgehead atoms. The van der Waals surface area contributed by atoms with Crippen molar-refractivity contribution < 1.29 is 0 Å². The van der Waals surface area contributed by atoms with Crippen LogP contribution >= 0.6 is 23.1 Å². The molecule has 0 saturated heterocycles. The van der Waals surface area contributed by atoms with E-state index in [1.165, 1.54) is 17.2 Å². The summed E-state index contributed by atoms with van der Waals surface area (Å²) in [4.78, 5) is 4.41. The van der Waals surface area contributed by atoms with Crippen molar-refractivity contribution >= 4 is 23.1 Å². The first-order valence-electron chi connectivity index (χ1n) is 5.38. The van der Waals surface area contributed by atoms with Crippen molar-refractivity contribution in [2.75, 3.05) is 18.1 Å². The minimum absolute atomic E-state index is 0.802. The first-order chi connectivity index (χ1) is 7.18. The van der Waals surface area contributed by atoms with E-state index in [1.54, 1.807) is 11.3 Å². The second-order valence-electron chi connectivity index (χ2n) is 4.00. The summed E-state index contributed by atoms with van der Waals surface area (Å²) in [5.41, 5.74) is 1.17. The Labute approximate surface area is 101 Å². The number of nitrogens with zero attached hydrogens (tertiary/aromatic N) is 1. The van der Waals surface area contributed by atoms with E-state index in [0.29, 0.717) is 0 Å². The maximum absolute atomic E-state index is 4.41. The maximum Gasteiger partial charge on any atom is 0.0897 e. The number of hydrogen-bond donors (Lipinski definition) is 1. The minimum atomic E-state index is 0.802. The van der Waals surface area contributed by atoms with Crippen LogP contribution < -0.4 is 5.32 Å². The molecule has 0 radical (unpaired) electrons. The van der Waals surface area contributed by atoms with Crippen molar-refractivity contribution in [2.45, 2.75) is 27.3 Å². The summed E-state index contributed by atoms with van der Waals surface area (Å²) in [5, 5.41) is 6.69. The van der Waals surface area contributed by atoms with Gasteiger partial charge in [0.25, 0.3) is 0 Å². The Hall–Kier alpha value is -0.0600. The maximum atomic E-state index is 4.41. The molecule has 1 heterocycles. The summed E-state index contributed by atoms with van der Waals surface area (Å²) in [7, 11) is 0. The highest BCUT2D eigenvalue weighted by molar-refractivity contribution is 7.99. The molecule has 0 amide bonds. The number of hydrogen-bond acceptors (Lipinski definition) is 4. The molecular weight excluding hydrogens is 224 g/mol.